The van der Waals surface area contributed by atoms with Gasteiger partial charge in [0, 0.05) is 23.1 Å². The third-order valence-corrected chi connectivity index (χ3v) is 9.00. The number of hydrogen-bond donors (Lipinski definition) is 1. The van der Waals surface area contributed by atoms with Crippen LogP contribution in [0.25, 0.3) is 0 Å². The summed E-state index contributed by atoms with van der Waals surface area (Å²) in [6.45, 7) is 7.32. The minimum atomic E-state index is -4.17. The Morgan fingerprint density at radius 3 is 2.30 bits per heavy atom. The lowest BCUT2D eigenvalue weighted by molar-refractivity contribution is -0.139. The summed E-state index contributed by atoms with van der Waals surface area (Å²) in [4.78, 5) is 28.4. The van der Waals surface area contributed by atoms with Crippen LogP contribution in [0.4, 0.5) is 5.69 Å². The molecule has 0 radical (unpaired) electrons. The summed E-state index contributed by atoms with van der Waals surface area (Å²) in [5, 5.41) is 3.73. The molecule has 3 aromatic carbocycles. The van der Waals surface area contributed by atoms with E-state index in [-0.39, 0.29) is 23.0 Å². The van der Waals surface area contributed by atoms with Gasteiger partial charge in [0.2, 0.25) is 11.8 Å². The van der Waals surface area contributed by atoms with Gasteiger partial charge in [-0.25, -0.2) is 8.42 Å². The highest BCUT2D eigenvalue weighted by Gasteiger charge is 2.32. The highest BCUT2D eigenvalue weighted by atomic mass is 35.5. The molecule has 10 heteroatoms. The number of rotatable bonds is 12. The molecule has 0 aliphatic heterocycles. The van der Waals surface area contributed by atoms with Gasteiger partial charge in [-0.15, -0.1) is 0 Å². The molecule has 3 rings (SSSR count). The number of sulfonamides is 1. The lowest BCUT2D eigenvalue weighted by Gasteiger charge is -2.32. The molecule has 2 amide bonds. The summed E-state index contributed by atoms with van der Waals surface area (Å²) in [6, 6.07) is 17.4. The maximum absolute atomic E-state index is 13.9. The predicted molar refractivity (Wildman–Crippen MR) is 161 cm³/mol. The number of nitrogens with one attached hydrogen (secondary N) is 1. The molecule has 0 bridgehead atoms. The number of aryl methyl sites for hydroxylation is 2. The Morgan fingerprint density at radius 1 is 0.975 bits per heavy atom. The highest BCUT2D eigenvalue weighted by molar-refractivity contribution is 7.92. The Kier molecular flexibility index (Phi) is 11.0. The van der Waals surface area contributed by atoms with E-state index >= 15 is 0 Å². The Bertz CT molecular complexity index is 1450. The Balaban J connectivity index is 2.03. The van der Waals surface area contributed by atoms with Crippen molar-refractivity contribution in [3.8, 4) is 0 Å². The molecule has 0 aliphatic carbocycles. The van der Waals surface area contributed by atoms with Crippen LogP contribution < -0.4 is 9.62 Å². The van der Waals surface area contributed by atoms with Crippen molar-refractivity contribution in [2.45, 2.75) is 58.0 Å². The molecule has 1 atom stereocenters. The molecule has 1 N–H and O–H groups in total. The van der Waals surface area contributed by atoms with Crippen molar-refractivity contribution >= 4 is 50.7 Å². The minimum absolute atomic E-state index is 0.0364. The number of carbonyl (C=O) groups excluding carboxylic acids is 2. The molecule has 40 heavy (non-hydrogen) atoms. The Hall–Kier alpha value is -3.07. The van der Waals surface area contributed by atoms with Crippen LogP contribution in [0, 0.1) is 13.8 Å². The molecular weight excluding hydrogens is 569 g/mol. The lowest BCUT2D eigenvalue weighted by atomic mass is 10.1. The van der Waals surface area contributed by atoms with Gasteiger partial charge in [0.25, 0.3) is 10.0 Å². The predicted octanol–water partition coefficient (Wildman–Crippen LogP) is 6.14. The fourth-order valence-corrected chi connectivity index (χ4v) is 5.85. The summed E-state index contributed by atoms with van der Waals surface area (Å²) in [5.41, 5.74) is 2.62. The number of hydrogen-bond acceptors (Lipinski definition) is 4. The van der Waals surface area contributed by atoms with E-state index in [2.05, 4.69) is 5.32 Å². The second kappa shape index (κ2) is 14.0. The van der Waals surface area contributed by atoms with Crippen LogP contribution in [-0.4, -0.2) is 44.3 Å². The SMILES string of the molecule is CCCCNC(=O)[C@H](C)N(Cc1cccc(Cl)c1)C(=O)CN(c1ccc(C)c(Cl)c1)S(=O)(=O)c1ccc(C)cc1. The number of anilines is 1. The topological polar surface area (TPSA) is 86.8 Å². The zero-order valence-electron chi connectivity index (χ0n) is 23.2. The van der Waals surface area contributed by atoms with E-state index in [0.29, 0.717) is 22.2 Å². The van der Waals surface area contributed by atoms with Crippen molar-refractivity contribution in [1.29, 1.82) is 0 Å². The van der Waals surface area contributed by atoms with E-state index in [1.807, 2.05) is 20.8 Å². The lowest BCUT2D eigenvalue weighted by Crippen LogP contribution is -2.51. The zero-order chi connectivity index (χ0) is 29.4. The number of unbranched alkanes of at least 4 members (excludes halogenated alkanes) is 1. The number of halogens is 2. The normalized spacial score (nSPS) is 12.1. The van der Waals surface area contributed by atoms with Crippen LogP contribution in [0.2, 0.25) is 10.0 Å². The van der Waals surface area contributed by atoms with E-state index in [1.165, 1.54) is 23.1 Å². The van der Waals surface area contributed by atoms with E-state index in [0.717, 1.165) is 28.3 Å². The third-order valence-electron chi connectivity index (χ3n) is 6.57. The average molecular weight is 605 g/mol. The quantitative estimate of drug-likeness (QED) is 0.252. The third kappa shape index (κ3) is 7.99. The van der Waals surface area contributed by atoms with Gasteiger partial charge in [-0.2, -0.15) is 0 Å². The van der Waals surface area contributed by atoms with Crippen LogP contribution in [0.5, 0.6) is 0 Å². The van der Waals surface area contributed by atoms with Gasteiger partial charge < -0.3 is 10.2 Å². The maximum Gasteiger partial charge on any atom is 0.264 e. The van der Waals surface area contributed by atoms with E-state index in [4.69, 9.17) is 23.2 Å². The summed E-state index contributed by atoms with van der Waals surface area (Å²) in [6.07, 6.45) is 1.71. The molecule has 0 heterocycles. The van der Waals surface area contributed by atoms with Crippen LogP contribution in [0.15, 0.2) is 71.6 Å². The minimum Gasteiger partial charge on any atom is -0.354 e. The van der Waals surface area contributed by atoms with Gasteiger partial charge in [0.1, 0.15) is 12.6 Å². The Labute approximate surface area is 247 Å². The summed E-state index contributed by atoms with van der Waals surface area (Å²) >= 11 is 12.5. The van der Waals surface area contributed by atoms with Gasteiger partial charge in [-0.3, -0.25) is 13.9 Å². The van der Waals surface area contributed by atoms with Crippen molar-refractivity contribution in [3.05, 3.63) is 93.5 Å². The first kappa shape index (κ1) is 31.5. The van der Waals surface area contributed by atoms with Gasteiger partial charge in [0.15, 0.2) is 0 Å². The first-order valence-corrected chi connectivity index (χ1v) is 15.3. The molecule has 7 nitrogen and oxygen atoms in total. The molecule has 3 aromatic rings. The monoisotopic (exact) mass is 603 g/mol. The molecule has 0 aromatic heterocycles. The summed E-state index contributed by atoms with van der Waals surface area (Å²) < 4.78 is 28.8. The van der Waals surface area contributed by atoms with Crippen molar-refractivity contribution < 1.29 is 18.0 Å². The van der Waals surface area contributed by atoms with Gasteiger partial charge in [0.05, 0.1) is 10.6 Å². The maximum atomic E-state index is 13.9. The molecular formula is C30H35Cl2N3O4S. The Morgan fingerprint density at radius 2 is 1.68 bits per heavy atom. The van der Waals surface area contributed by atoms with Gasteiger partial charge in [-0.1, -0.05) is 72.4 Å². The zero-order valence-corrected chi connectivity index (χ0v) is 25.5. The fourth-order valence-electron chi connectivity index (χ4n) is 4.05. The largest absolute Gasteiger partial charge is 0.354 e. The molecule has 0 unspecified atom stereocenters. The van der Waals surface area contributed by atoms with Crippen LogP contribution in [-0.2, 0) is 26.2 Å². The molecule has 0 spiro atoms. The number of carbonyl (C=O) groups is 2. The summed E-state index contributed by atoms with van der Waals surface area (Å²) in [7, 11) is -4.17. The second-order valence-corrected chi connectivity index (χ2v) is 12.4. The number of nitrogens with zero attached hydrogens (tertiary/aromatic N) is 2. The standard InChI is InChI=1S/C30H35Cl2N3O4S/c1-5-6-16-33-30(37)23(4)34(19-24-8-7-9-25(31)17-24)29(36)20-35(26-13-12-22(3)28(32)18-26)40(38,39)27-14-10-21(2)11-15-27/h7-15,17-18,23H,5-6,16,19-20H2,1-4H3,(H,33,37)/t23-/m0/s1. The van der Waals surface area contributed by atoms with E-state index in [1.54, 1.807) is 55.5 Å². The molecule has 0 saturated carbocycles. The molecule has 0 saturated heterocycles. The second-order valence-electron chi connectivity index (χ2n) is 9.73. The highest BCUT2D eigenvalue weighted by Crippen LogP contribution is 2.29. The van der Waals surface area contributed by atoms with E-state index < -0.39 is 28.5 Å². The first-order valence-electron chi connectivity index (χ1n) is 13.1. The first-order chi connectivity index (χ1) is 18.9. The van der Waals surface area contributed by atoms with Gasteiger partial charge >= 0.3 is 0 Å². The van der Waals surface area contributed by atoms with E-state index in [9.17, 15) is 18.0 Å². The summed E-state index contributed by atoms with van der Waals surface area (Å²) in [5.74, 6) is -0.874. The molecule has 0 aliphatic rings. The molecule has 0 fully saturated rings. The van der Waals surface area contributed by atoms with Crippen molar-refractivity contribution in [2.24, 2.45) is 0 Å². The van der Waals surface area contributed by atoms with Crippen LogP contribution in [0.1, 0.15) is 43.4 Å². The van der Waals surface area contributed by atoms with Crippen LogP contribution in [0.3, 0.4) is 0 Å². The number of amides is 2. The van der Waals surface area contributed by atoms with Crippen molar-refractivity contribution in [1.82, 2.24) is 10.2 Å². The van der Waals surface area contributed by atoms with Gasteiger partial charge in [-0.05, 0) is 74.7 Å². The average Bonchev–Trinajstić information content (AvgIpc) is 2.91. The smallest absolute Gasteiger partial charge is 0.264 e. The van der Waals surface area contributed by atoms with Crippen molar-refractivity contribution in [3.63, 3.8) is 0 Å². The van der Waals surface area contributed by atoms with Crippen molar-refractivity contribution in [2.75, 3.05) is 17.4 Å². The molecule has 214 valence electrons. The fraction of sp³-hybridized carbons (Fsp3) is 0.333. The van der Waals surface area contributed by atoms with Crippen LogP contribution >= 0.6 is 23.2 Å². The number of benzene rings is 3.